The molecule has 2 nitrogen and oxygen atoms in total. The monoisotopic (exact) mass is 328 g/mol. The van der Waals surface area contributed by atoms with Gasteiger partial charge in [0, 0.05) is 22.2 Å². The van der Waals surface area contributed by atoms with E-state index in [9.17, 15) is 4.79 Å². The van der Waals surface area contributed by atoms with E-state index in [0.717, 1.165) is 0 Å². The van der Waals surface area contributed by atoms with Gasteiger partial charge < -0.3 is 4.74 Å². The van der Waals surface area contributed by atoms with Gasteiger partial charge in [-0.05, 0) is 24.6 Å². The minimum atomic E-state index is -0.223. The Labute approximate surface area is 132 Å². The minimum absolute atomic E-state index is 0.223. The van der Waals surface area contributed by atoms with Gasteiger partial charge in [-0.1, -0.05) is 46.9 Å². The Kier molecular flexibility index (Phi) is 4.59. The van der Waals surface area contributed by atoms with Gasteiger partial charge >= 0.3 is 0 Å². The van der Waals surface area contributed by atoms with Crippen molar-refractivity contribution in [2.75, 3.05) is 7.11 Å². The van der Waals surface area contributed by atoms with Crippen molar-refractivity contribution in [1.82, 2.24) is 0 Å². The fourth-order valence-electron chi connectivity index (χ4n) is 1.86. The lowest BCUT2D eigenvalue weighted by molar-refractivity contribution is 0.103. The van der Waals surface area contributed by atoms with E-state index in [4.69, 9.17) is 39.5 Å². The van der Waals surface area contributed by atoms with E-state index < -0.39 is 0 Å². The third-order valence-electron chi connectivity index (χ3n) is 3.00. The van der Waals surface area contributed by atoms with Crippen LogP contribution in [-0.2, 0) is 0 Å². The highest BCUT2D eigenvalue weighted by Crippen LogP contribution is 2.33. The summed E-state index contributed by atoms with van der Waals surface area (Å²) < 4.78 is 5.06. The zero-order valence-electron chi connectivity index (χ0n) is 10.8. The van der Waals surface area contributed by atoms with Gasteiger partial charge in [-0.3, -0.25) is 4.79 Å². The molecule has 0 heterocycles. The number of carbonyl (C=O) groups is 1. The Morgan fingerprint density at radius 3 is 2.35 bits per heavy atom. The zero-order chi connectivity index (χ0) is 14.9. The van der Waals surface area contributed by atoms with Crippen molar-refractivity contribution in [3.05, 3.63) is 62.1 Å². The van der Waals surface area contributed by atoms with E-state index in [1.165, 1.54) is 19.2 Å². The van der Waals surface area contributed by atoms with Crippen LogP contribution in [0.25, 0.3) is 0 Å². The molecule has 2 aromatic rings. The minimum Gasteiger partial charge on any atom is -0.495 e. The third kappa shape index (κ3) is 2.78. The fraction of sp³-hybridized carbons (Fsp3) is 0.133. The molecule has 0 spiro atoms. The molecule has 0 radical (unpaired) electrons. The second-order valence-corrected chi connectivity index (χ2v) is 5.43. The molecule has 2 aromatic carbocycles. The summed E-state index contributed by atoms with van der Waals surface area (Å²) in [5, 5.41) is 1.15. The molecule has 0 aliphatic rings. The largest absolute Gasteiger partial charge is 0.495 e. The van der Waals surface area contributed by atoms with Crippen LogP contribution in [0.3, 0.4) is 0 Å². The van der Waals surface area contributed by atoms with Crippen molar-refractivity contribution >= 4 is 40.6 Å². The smallest absolute Gasteiger partial charge is 0.194 e. The highest BCUT2D eigenvalue weighted by molar-refractivity contribution is 6.38. The number of carbonyl (C=O) groups excluding carboxylic acids is 1. The number of ether oxygens (including phenoxy) is 1. The van der Waals surface area contributed by atoms with E-state index in [1.54, 1.807) is 25.1 Å². The number of benzene rings is 2. The number of hydrogen-bond donors (Lipinski definition) is 0. The molecule has 0 N–H and O–H groups in total. The van der Waals surface area contributed by atoms with Gasteiger partial charge in [-0.25, -0.2) is 0 Å². The molecule has 20 heavy (non-hydrogen) atoms. The Hall–Kier alpha value is -1.22. The summed E-state index contributed by atoms with van der Waals surface area (Å²) >= 11 is 18.2. The second-order valence-electron chi connectivity index (χ2n) is 4.21. The average Bonchev–Trinajstić information content (AvgIpc) is 2.43. The lowest BCUT2D eigenvalue weighted by Gasteiger charge is -2.10. The topological polar surface area (TPSA) is 26.3 Å². The highest BCUT2D eigenvalue weighted by atomic mass is 35.5. The number of methoxy groups -OCH3 is 1. The Balaban J connectivity index is 2.54. The molecular weight excluding hydrogens is 319 g/mol. The van der Waals surface area contributed by atoms with E-state index >= 15 is 0 Å². The number of ketones is 1. The number of halogens is 3. The Morgan fingerprint density at radius 1 is 1.00 bits per heavy atom. The van der Waals surface area contributed by atoms with Crippen LogP contribution in [0.15, 0.2) is 30.3 Å². The van der Waals surface area contributed by atoms with Gasteiger partial charge in [0.2, 0.25) is 0 Å². The maximum Gasteiger partial charge on any atom is 0.194 e. The van der Waals surface area contributed by atoms with Crippen molar-refractivity contribution in [2.45, 2.75) is 6.92 Å². The molecule has 104 valence electrons. The maximum absolute atomic E-state index is 12.5. The van der Waals surface area contributed by atoms with Gasteiger partial charge in [0.05, 0.1) is 17.2 Å². The van der Waals surface area contributed by atoms with Crippen molar-refractivity contribution in [3.8, 4) is 5.75 Å². The molecule has 0 aliphatic heterocycles. The molecule has 0 fully saturated rings. The van der Waals surface area contributed by atoms with E-state index in [1.807, 2.05) is 0 Å². The lowest BCUT2D eigenvalue weighted by Crippen LogP contribution is -2.05. The fourth-order valence-corrected chi connectivity index (χ4v) is 2.51. The number of rotatable bonds is 3. The van der Waals surface area contributed by atoms with Gasteiger partial charge in [-0.2, -0.15) is 0 Å². The van der Waals surface area contributed by atoms with Gasteiger partial charge in [-0.15, -0.1) is 0 Å². The molecule has 5 heteroatoms. The Morgan fingerprint density at radius 2 is 1.70 bits per heavy atom. The SMILES string of the molecule is COc1cc(Cl)c(C(=O)c2cccc(Cl)c2C)cc1Cl. The van der Waals surface area contributed by atoms with Crippen LogP contribution in [0.5, 0.6) is 5.75 Å². The van der Waals surface area contributed by atoms with Crippen LogP contribution in [0.1, 0.15) is 21.5 Å². The van der Waals surface area contributed by atoms with Crippen LogP contribution in [-0.4, -0.2) is 12.9 Å². The van der Waals surface area contributed by atoms with Crippen LogP contribution in [0, 0.1) is 6.92 Å². The quantitative estimate of drug-likeness (QED) is 0.724. The summed E-state index contributed by atoms with van der Waals surface area (Å²) in [6.45, 7) is 1.79. The standard InChI is InChI=1S/C15H11Cl3O2/c1-8-9(4-3-5-11(8)16)15(19)10-6-13(18)14(20-2)7-12(10)17/h3-7H,1-2H3. The summed E-state index contributed by atoms with van der Waals surface area (Å²) in [6.07, 6.45) is 0. The first-order chi connectivity index (χ1) is 9.45. The number of hydrogen-bond acceptors (Lipinski definition) is 2. The molecule has 0 atom stereocenters. The molecule has 2 rings (SSSR count). The molecule has 0 saturated carbocycles. The molecule has 0 bridgehead atoms. The molecular formula is C15H11Cl3O2. The first-order valence-corrected chi connectivity index (χ1v) is 6.92. The van der Waals surface area contributed by atoms with Crippen LogP contribution in [0.2, 0.25) is 15.1 Å². The molecule has 0 aliphatic carbocycles. The molecule has 0 amide bonds. The summed E-state index contributed by atoms with van der Waals surface area (Å²) in [5.74, 6) is 0.204. The first-order valence-electron chi connectivity index (χ1n) is 5.78. The summed E-state index contributed by atoms with van der Waals surface area (Å²) in [4.78, 5) is 12.5. The average molecular weight is 330 g/mol. The van der Waals surface area contributed by atoms with Crippen LogP contribution in [0.4, 0.5) is 0 Å². The van der Waals surface area contributed by atoms with E-state index in [2.05, 4.69) is 0 Å². The second kappa shape index (κ2) is 6.04. The Bertz CT molecular complexity index is 681. The zero-order valence-corrected chi connectivity index (χ0v) is 13.1. The van der Waals surface area contributed by atoms with E-state index in [-0.39, 0.29) is 10.8 Å². The van der Waals surface area contributed by atoms with Crippen molar-refractivity contribution in [1.29, 1.82) is 0 Å². The third-order valence-corrected chi connectivity index (χ3v) is 4.02. The maximum atomic E-state index is 12.5. The summed E-state index contributed by atoms with van der Waals surface area (Å²) in [5.41, 5.74) is 1.53. The predicted octanol–water partition coefficient (Wildman–Crippen LogP) is 5.19. The van der Waals surface area contributed by atoms with Gasteiger partial charge in [0.15, 0.2) is 5.78 Å². The predicted molar refractivity (Wildman–Crippen MR) is 82.6 cm³/mol. The van der Waals surface area contributed by atoms with Crippen LogP contribution < -0.4 is 4.74 Å². The summed E-state index contributed by atoms with van der Waals surface area (Å²) in [6, 6.07) is 8.19. The van der Waals surface area contributed by atoms with Crippen molar-refractivity contribution in [2.24, 2.45) is 0 Å². The summed E-state index contributed by atoms with van der Waals surface area (Å²) in [7, 11) is 1.49. The molecule has 0 aromatic heterocycles. The van der Waals surface area contributed by atoms with Gasteiger partial charge in [0.1, 0.15) is 5.75 Å². The van der Waals surface area contributed by atoms with Crippen molar-refractivity contribution < 1.29 is 9.53 Å². The highest BCUT2D eigenvalue weighted by Gasteiger charge is 2.18. The van der Waals surface area contributed by atoms with Gasteiger partial charge in [0.25, 0.3) is 0 Å². The normalized spacial score (nSPS) is 10.4. The lowest BCUT2D eigenvalue weighted by atomic mass is 9.99. The molecule has 0 saturated heterocycles. The van der Waals surface area contributed by atoms with Crippen molar-refractivity contribution in [3.63, 3.8) is 0 Å². The van der Waals surface area contributed by atoms with Crippen LogP contribution >= 0.6 is 34.8 Å². The first kappa shape index (κ1) is 15.2. The van der Waals surface area contributed by atoms with E-state index in [0.29, 0.717) is 32.5 Å². The molecule has 0 unspecified atom stereocenters.